The molecule has 0 aliphatic rings. The lowest BCUT2D eigenvalue weighted by molar-refractivity contribution is 1.33. The van der Waals surface area contributed by atoms with Crippen molar-refractivity contribution in [3.8, 4) is 11.1 Å². The highest BCUT2D eigenvalue weighted by Gasteiger charge is 1.92. The van der Waals surface area contributed by atoms with Gasteiger partial charge in [-0.3, -0.25) is 4.98 Å². The van der Waals surface area contributed by atoms with E-state index in [2.05, 4.69) is 17.1 Å². The molecule has 0 amide bonds. The maximum absolute atomic E-state index is 3.97. The Balaban J connectivity index is 0.000000509. The Morgan fingerprint density at radius 1 is 0.625 bits per heavy atom. The largest absolute Gasteiger partial charge is 0.265 e. The second kappa shape index (κ2) is 9.91. The monoisotopic (exact) mass is 215 g/mol. The second-order valence-electron chi connectivity index (χ2n) is 2.60. The van der Waals surface area contributed by atoms with E-state index in [-0.39, 0.29) is 0 Å². The Hall–Kier alpha value is -1.63. The molecular weight excluding hydrogens is 194 g/mol. The van der Waals surface area contributed by atoms with Gasteiger partial charge in [0.2, 0.25) is 0 Å². The highest BCUT2D eigenvalue weighted by molar-refractivity contribution is 5.62. The molecule has 86 valence electrons. The smallest absolute Gasteiger partial charge is 0.0273 e. The van der Waals surface area contributed by atoms with Gasteiger partial charge in [0.15, 0.2) is 0 Å². The topological polar surface area (TPSA) is 12.9 Å². The SMILES string of the molecule is CC.CC.c1ccc(-c2ccncc2)cc1. The number of hydrogen-bond acceptors (Lipinski definition) is 1. The molecule has 0 spiro atoms. The van der Waals surface area contributed by atoms with E-state index in [1.165, 1.54) is 11.1 Å². The zero-order valence-electron chi connectivity index (χ0n) is 10.6. The lowest BCUT2D eigenvalue weighted by Gasteiger charge is -1.98. The zero-order valence-corrected chi connectivity index (χ0v) is 10.6. The van der Waals surface area contributed by atoms with Gasteiger partial charge in [0.25, 0.3) is 0 Å². The van der Waals surface area contributed by atoms with E-state index in [0.717, 1.165) is 0 Å². The molecule has 1 heterocycles. The Bertz CT molecular complexity index is 303. The highest BCUT2D eigenvalue weighted by Crippen LogP contribution is 2.16. The molecule has 16 heavy (non-hydrogen) atoms. The first-order valence-corrected chi connectivity index (χ1v) is 5.92. The van der Waals surface area contributed by atoms with E-state index in [0.29, 0.717) is 0 Å². The van der Waals surface area contributed by atoms with Gasteiger partial charge in [0.05, 0.1) is 0 Å². The van der Waals surface area contributed by atoms with Crippen molar-refractivity contribution in [2.24, 2.45) is 0 Å². The van der Waals surface area contributed by atoms with E-state index in [4.69, 9.17) is 0 Å². The summed E-state index contributed by atoms with van der Waals surface area (Å²) in [5.41, 5.74) is 2.45. The van der Waals surface area contributed by atoms with Crippen LogP contribution in [0, 0.1) is 0 Å². The van der Waals surface area contributed by atoms with Crippen molar-refractivity contribution >= 4 is 0 Å². The van der Waals surface area contributed by atoms with Gasteiger partial charge < -0.3 is 0 Å². The molecule has 0 bridgehead atoms. The Kier molecular flexibility index (Phi) is 8.90. The number of rotatable bonds is 1. The van der Waals surface area contributed by atoms with Gasteiger partial charge in [-0.05, 0) is 23.3 Å². The normalized spacial score (nSPS) is 8.00. The molecule has 1 aromatic carbocycles. The van der Waals surface area contributed by atoms with Crippen molar-refractivity contribution < 1.29 is 0 Å². The summed E-state index contributed by atoms with van der Waals surface area (Å²) < 4.78 is 0. The first kappa shape index (κ1) is 14.4. The summed E-state index contributed by atoms with van der Waals surface area (Å²) in [6, 6.07) is 14.3. The highest BCUT2D eigenvalue weighted by atomic mass is 14.6. The summed E-state index contributed by atoms with van der Waals surface area (Å²) in [6.45, 7) is 8.00. The van der Waals surface area contributed by atoms with Gasteiger partial charge in [-0.25, -0.2) is 0 Å². The molecule has 1 heteroatoms. The summed E-state index contributed by atoms with van der Waals surface area (Å²) in [5, 5.41) is 0. The van der Waals surface area contributed by atoms with E-state index >= 15 is 0 Å². The standard InChI is InChI=1S/C11H9N.2C2H6/c1-2-4-10(5-3-1)11-6-8-12-9-7-11;2*1-2/h1-9H;2*1-2H3. The first-order chi connectivity index (χ1) is 7.97. The molecule has 0 radical (unpaired) electrons. The molecule has 0 fully saturated rings. The van der Waals surface area contributed by atoms with Gasteiger partial charge in [-0.15, -0.1) is 0 Å². The van der Waals surface area contributed by atoms with Crippen LogP contribution in [0.2, 0.25) is 0 Å². The number of pyridine rings is 1. The number of benzene rings is 1. The van der Waals surface area contributed by atoms with Crippen LogP contribution in [0.4, 0.5) is 0 Å². The third-order valence-electron chi connectivity index (χ3n) is 1.79. The number of hydrogen-bond donors (Lipinski definition) is 0. The van der Waals surface area contributed by atoms with Crippen LogP contribution in [-0.2, 0) is 0 Å². The lowest BCUT2D eigenvalue weighted by Crippen LogP contribution is -1.76. The summed E-state index contributed by atoms with van der Waals surface area (Å²) in [4.78, 5) is 3.97. The predicted molar refractivity (Wildman–Crippen MR) is 72.4 cm³/mol. The van der Waals surface area contributed by atoms with Gasteiger partial charge in [-0.1, -0.05) is 58.0 Å². The molecule has 0 saturated carbocycles. The Labute approximate surface area is 99.2 Å². The van der Waals surface area contributed by atoms with Crippen molar-refractivity contribution in [1.29, 1.82) is 0 Å². The van der Waals surface area contributed by atoms with Crippen LogP contribution >= 0.6 is 0 Å². The van der Waals surface area contributed by atoms with Crippen molar-refractivity contribution in [2.45, 2.75) is 27.7 Å². The van der Waals surface area contributed by atoms with E-state index in [1.54, 1.807) is 0 Å². The van der Waals surface area contributed by atoms with Crippen LogP contribution in [0.3, 0.4) is 0 Å². The van der Waals surface area contributed by atoms with Crippen LogP contribution < -0.4 is 0 Å². The lowest BCUT2D eigenvalue weighted by atomic mass is 10.1. The molecule has 0 aliphatic carbocycles. The fraction of sp³-hybridized carbons (Fsp3) is 0.267. The molecule has 1 nitrogen and oxygen atoms in total. The number of nitrogens with zero attached hydrogens (tertiary/aromatic N) is 1. The zero-order chi connectivity index (χ0) is 12.2. The van der Waals surface area contributed by atoms with E-state index < -0.39 is 0 Å². The summed E-state index contributed by atoms with van der Waals surface area (Å²) >= 11 is 0. The average Bonchev–Trinajstić information content (AvgIpc) is 2.45. The summed E-state index contributed by atoms with van der Waals surface area (Å²) in [7, 11) is 0. The summed E-state index contributed by atoms with van der Waals surface area (Å²) in [6.07, 6.45) is 3.62. The van der Waals surface area contributed by atoms with E-state index in [9.17, 15) is 0 Å². The minimum atomic E-state index is 1.21. The van der Waals surface area contributed by atoms with E-state index in [1.807, 2.05) is 70.4 Å². The van der Waals surface area contributed by atoms with Gasteiger partial charge >= 0.3 is 0 Å². The average molecular weight is 215 g/mol. The Morgan fingerprint density at radius 3 is 1.56 bits per heavy atom. The molecule has 2 aromatic rings. The van der Waals surface area contributed by atoms with Crippen molar-refractivity contribution in [2.75, 3.05) is 0 Å². The van der Waals surface area contributed by atoms with Crippen LogP contribution in [0.5, 0.6) is 0 Å². The first-order valence-electron chi connectivity index (χ1n) is 5.92. The van der Waals surface area contributed by atoms with Crippen LogP contribution in [-0.4, -0.2) is 4.98 Å². The molecule has 0 atom stereocenters. The maximum Gasteiger partial charge on any atom is 0.0273 e. The van der Waals surface area contributed by atoms with Crippen LogP contribution in [0.15, 0.2) is 54.9 Å². The van der Waals surface area contributed by atoms with Crippen LogP contribution in [0.1, 0.15) is 27.7 Å². The van der Waals surface area contributed by atoms with Crippen molar-refractivity contribution in [3.05, 3.63) is 54.9 Å². The van der Waals surface area contributed by atoms with Crippen LogP contribution in [0.25, 0.3) is 11.1 Å². The Morgan fingerprint density at radius 2 is 1.06 bits per heavy atom. The van der Waals surface area contributed by atoms with Gasteiger partial charge in [0, 0.05) is 12.4 Å². The molecule has 1 aromatic heterocycles. The number of aromatic nitrogens is 1. The minimum absolute atomic E-state index is 1.21. The quantitative estimate of drug-likeness (QED) is 0.665. The third-order valence-corrected chi connectivity index (χ3v) is 1.79. The van der Waals surface area contributed by atoms with Gasteiger partial charge in [-0.2, -0.15) is 0 Å². The maximum atomic E-state index is 3.97. The predicted octanol–water partition coefficient (Wildman–Crippen LogP) is 4.80. The molecule has 2 rings (SSSR count). The fourth-order valence-electron chi connectivity index (χ4n) is 1.17. The second-order valence-corrected chi connectivity index (χ2v) is 2.60. The van der Waals surface area contributed by atoms with Crippen molar-refractivity contribution in [1.82, 2.24) is 4.98 Å². The van der Waals surface area contributed by atoms with Gasteiger partial charge in [0.1, 0.15) is 0 Å². The molecule has 0 aliphatic heterocycles. The minimum Gasteiger partial charge on any atom is -0.265 e. The summed E-state index contributed by atoms with van der Waals surface area (Å²) in [5.74, 6) is 0. The molecule has 0 saturated heterocycles. The molecular formula is C15H21N. The third kappa shape index (κ3) is 4.74. The molecule has 0 unspecified atom stereocenters. The van der Waals surface area contributed by atoms with Crippen molar-refractivity contribution in [3.63, 3.8) is 0 Å². The molecule has 0 N–H and O–H groups in total. The fourth-order valence-corrected chi connectivity index (χ4v) is 1.17.